The number of likely N-dealkylation sites (tertiary alicyclic amines) is 1. The van der Waals surface area contributed by atoms with Crippen molar-refractivity contribution in [3.8, 4) is 0 Å². The predicted molar refractivity (Wildman–Crippen MR) is 81.6 cm³/mol. The highest BCUT2D eigenvalue weighted by Crippen LogP contribution is 2.35. The van der Waals surface area contributed by atoms with E-state index >= 15 is 0 Å². The van der Waals surface area contributed by atoms with E-state index in [1.165, 1.54) is 6.42 Å². The second-order valence-electron chi connectivity index (χ2n) is 6.65. The van der Waals surface area contributed by atoms with Crippen molar-refractivity contribution in [1.29, 1.82) is 0 Å². The van der Waals surface area contributed by atoms with Gasteiger partial charge in [-0.25, -0.2) is 0 Å². The second kappa shape index (κ2) is 6.70. The molecule has 0 spiro atoms. The molecular weight excluding hydrogens is 250 g/mol. The number of ether oxygens (including phenoxy) is 1. The average molecular weight is 277 g/mol. The van der Waals surface area contributed by atoms with Gasteiger partial charge in [-0.2, -0.15) is 0 Å². The smallest absolute Gasteiger partial charge is 0.0853 e. The lowest BCUT2D eigenvalue weighted by atomic mass is 9.82. The van der Waals surface area contributed by atoms with Crippen molar-refractivity contribution in [3.63, 3.8) is 0 Å². The van der Waals surface area contributed by atoms with Gasteiger partial charge in [-0.3, -0.25) is 0 Å². The number of hydrogen-bond donors (Lipinski definition) is 1. The number of hydrogen-bond acceptors (Lipinski definition) is 3. The minimum atomic E-state index is -0.426. The van der Waals surface area contributed by atoms with Crippen LogP contribution in [0.4, 0.5) is 0 Å². The zero-order valence-electron chi connectivity index (χ0n) is 12.9. The quantitative estimate of drug-likeness (QED) is 0.868. The van der Waals surface area contributed by atoms with Crippen LogP contribution >= 0.6 is 0 Å². The fourth-order valence-electron chi connectivity index (χ4n) is 3.18. The second-order valence-corrected chi connectivity index (χ2v) is 6.65. The molecule has 0 aliphatic carbocycles. The zero-order chi connectivity index (χ0) is 14.6. The first-order chi connectivity index (χ1) is 9.53. The monoisotopic (exact) mass is 277 g/mol. The van der Waals surface area contributed by atoms with E-state index in [0.717, 1.165) is 31.8 Å². The molecule has 0 amide bonds. The zero-order valence-corrected chi connectivity index (χ0v) is 12.9. The first-order valence-electron chi connectivity index (χ1n) is 7.47. The molecule has 0 bridgehead atoms. The maximum Gasteiger partial charge on any atom is 0.0853 e. The fourth-order valence-corrected chi connectivity index (χ4v) is 3.18. The van der Waals surface area contributed by atoms with Crippen molar-refractivity contribution in [2.24, 2.45) is 11.3 Å². The summed E-state index contributed by atoms with van der Waals surface area (Å²) in [5.74, 6) is 0.643. The van der Waals surface area contributed by atoms with Gasteiger partial charge in [-0.1, -0.05) is 44.2 Å². The highest BCUT2D eigenvalue weighted by Gasteiger charge is 2.33. The number of aliphatic hydroxyl groups excluding tert-OH is 1. The summed E-state index contributed by atoms with van der Waals surface area (Å²) in [6, 6.07) is 9.96. The Kier molecular flexibility index (Phi) is 5.19. The minimum Gasteiger partial charge on any atom is -0.388 e. The van der Waals surface area contributed by atoms with Crippen LogP contribution in [0.25, 0.3) is 0 Å². The number of aliphatic hydroxyl groups is 1. The molecular formula is C17H27NO2. The average Bonchev–Trinajstić information content (AvgIpc) is 2.86. The molecule has 1 N–H and O–H groups in total. The molecule has 2 atom stereocenters. The van der Waals surface area contributed by atoms with Gasteiger partial charge in [0.05, 0.1) is 12.7 Å². The number of rotatable bonds is 6. The number of benzene rings is 1. The third kappa shape index (κ3) is 3.81. The Morgan fingerprint density at radius 1 is 1.35 bits per heavy atom. The fraction of sp³-hybridized carbons (Fsp3) is 0.647. The Bertz CT molecular complexity index is 405. The van der Waals surface area contributed by atoms with Crippen molar-refractivity contribution in [2.45, 2.75) is 26.4 Å². The van der Waals surface area contributed by atoms with Crippen LogP contribution in [0.3, 0.4) is 0 Å². The van der Waals surface area contributed by atoms with E-state index in [0.29, 0.717) is 5.92 Å². The molecule has 1 fully saturated rings. The molecule has 1 aliphatic heterocycles. The van der Waals surface area contributed by atoms with Crippen molar-refractivity contribution < 1.29 is 9.84 Å². The summed E-state index contributed by atoms with van der Waals surface area (Å²) in [4.78, 5) is 2.45. The van der Waals surface area contributed by atoms with Gasteiger partial charge in [0.1, 0.15) is 0 Å². The van der Waals surface area contributed by atoms with Crippen LogP contribution in [0.2, 0.25) is 0 Å². The van der Waals surface area contributed by atoms with Crippen molar-refractivity contribution in [2.75, 3.05) is 33.4 Å². The van der Waals surface area contributed by atoms with Gasteiger partial charge in [-0.05, 0) is 24.4 Å². The van der Waals surface area contributed by atoms with E-state index in [-0.39, 0.29) is 5.41 Å². The first-order valence-corrected chi connectivity index (χ1v) is 7.47. The lowest BCUT2D eigenvalue weighted by Crippen LogP contribution is -2.37. The Morgan fingerprint density at radius 2 is 2.05 bits per heavy atom. The molecule has 1 aliphatic rings. The third-order valence-electron chi connectivity index (χ3n) is 4.26. The molecule has 0 aromatic heterocycles. The molecule has 1 saturated heterocycles. The van der Waals surface area contributed by atoms with Crippen LogP contribution in [-0.2, 0) is 4.74 Å². The molecule has 2 unspecified atom stereocenters. The van der Waals surface area contributed by atoms with E-state index in [1.807, 2.05) is 30.3 Å². The Hall–Kier alpha value is -0.900. The Labute approximate surface area is 122 Å². The molecule has 1 aromatic carbocycles. The van der Waals surface area contributed by atoms with Gasteiger partial charge in [0.25, 0.3) is 0 Å². The molecule has 3 heteroatoms. The third-order valence-corrected chi connectivity index (χ3v) is 4.26. The van der Waals surface area contributed by atoms with E-state index in [4.69, 9.17) is 4.74 Å². The van der Waals surface area contributed by atoms with Crippen molar-refractivity contribution in [1.82, 2.24) is 4.90 Å². The highest BCUT2D eigenvalue weighted by molar-refractivity contribution is 5.19. The van der Waals surface area contributed by atoms with E-state index < -0.39 is 6.10 Å². The molecule has 112 valence electrons. The number of nitrogens with zero attached hydrogens (tertiary/aromatic N) is 1. The predicted octanol–water partition coefficient (Wildman–Crippen LogP) is 2.71. The Balaban J connectivity index is 1.94. The Morgan fingerprint density at radius 3 is 2.70 bits per heavy atom. The van der Waals surface area contributed by atoms with Gasteiger partial charge >= 0.3 is 0 Å². The summed E-state index contributed by atoms with van der Waals surface area (Å²) in [7, 11) is 1.77. The summed E-state index contributed by atoms with van der Waals surface area (Å²) in [6.07, 6.45) is 0.774. The van der Waals surface area contributed by atoms with Crippen molar-refractivity contribution >= 4 is 0 Å². The summed E-state index contributed by atoms with van der Waals surface area (Å²) in [5, 5.41) is 10.6. The molecule has 0 saturated carbocycles. The lowest BCUT2D eigenvalue weighted by Gasteiger charge is -2.35. The van der Waals surface area contributed by atoms with Gasteiger partial charge in [-0.15, -0.1) is 0 Å². The lowest BCUT2D eigenvalue weighted by molar-refractivity contribution is 0.0237. The molecule has 0 radical (unpaired) electrons. The van der Waals surface area contributed by atoms with Crippen LogP contribution in [0, 0.1) is 11.3 Å². The van der Waals surface area contributed by atoms with Crippen LogP contribution < -0.4 is 0 Å². The van der Waals surface area contributed by atoms with Crippen LogP contribution in [0.5, 0.6) is 0 Å². The maximum atomic E-state index is 10.6. The summed E-state index contributed by atoms with van der Waals surface area (Å²) in [5.41, 5.74) is 0.855. The highest BCUT2D eigenvalue weighted by atomic mass is 16.5. The van der Waals surface area contributed by atoms with Gasteiger partial charge in [0, 0.05) is 25.6 Å². The largest absolute Gasteiger partial charge is 0.388 e. The van der Waals surface area contributed by atoms with Crippen LogP contribution in [-0.4, -0.2) is 43.4 Å². The van der Waals surface area contributed by atoms with Crippen molar-refractivity contribution in [3.05, 3.63) is 35.9 Å². The van der Waals surface area contributed by atoms with Gasteiger partial charge < -0.3 is 14.7 Å². The van der Waals surface area contributed by atoms with Crippen LogP contribution in [0.15, 0.2) is 30.3 Å². The van der Waals surface area contributed by atoms with E-state index in [2.05, 4.69) is 18.7 Å². The first kappa shape index (κ1) is 15.5. The topological polar surface area (TPSA) is 32.7 Å². The summed E-state index contributed by atoms with van der Waals surface area (Å²) < 4.78 is 5.24. The van der Waals surface area contributed by atoms with Gasteiger partial charge in [0.2, 0.25) is 0 Å². The molecule has 2 rings (SSSR count). The normalized spacial score (nSPS) is 22.1. The molecule has 1 heterocycles. The summed E-state index contributed by atoms with van der Waals surface area (Å²) in [6.45, 7) is 8.25. The van der Waals surface area contributed by atoms with E-state index in [9.17, 15) is 5.11 Å². The van der Waals surface area contributed by atoms with E-state index in [1.54, 1.807) is 7.11 Å². The standard InChI is InChI=1S/C17H27NO2/c1-17(2,16(19)15-7-5-4-6-8-15)13-18-10-9-14(11-18)12-20-3/h4-8,14,16,19H,9-13H2,1-3H3. The molecule has 3 nitrogen and oxygen atoms in total. The molecule has 1 aromatic rings. The number of methoxy groups -OCH3 is 1. The maximum absolute atomic E-state index is 10.6. The minimum absolute atomic E-state index is 0.149. The molecule has 20 heavy (non-hydrogen) atoms. The SMILES string of the molecule is COCC1CCN(CC(C)(C)C(O)c2ccccc2)C1. The van der Waals surface area contributed by atoms with Gasteiger partial charge in [0.15, 0.2) is 0 Å². The van der Waals surface area contributed by atoms with Crippen LogP contribution in [0.1, 0.15) is 31.9 Å². The summed E-state index contributed by atoms with van der Waals surface area (Å²) >= 11 is 0.